The number of benzene rings is 1. The second-order valence-corrected chi connectivity index (χ2v) is 6.09. The third-order valence-electron chi connectivity index (χ3n) is 3.28. The van der Waals surface area contributed by atoms with Crippen LogP contribution in [0.2, 0.25) is 0 Å². The molecule has 1 aromatic carbocycles. The summed E-state index contributed by atoms with van der Waals surface area (Å²) >= 11 is 1.52. The zero-order chi connectivity index (χ0) is 16.2. The molecule has 0 aliphatic rings. The molecular formula is C16H14N4O2S. The predicted molar refractivity (Wildman–Crippen MR) is 87.4 cm³/mol. The molecule has 0 atom stereocenters. The van der Waals surface area contributed by atoms with E-state index in [1.54, 1.807) is 5.38 Å². The first kappa shape index (κ1) is 15.1. The van der Waals surface area contributed by atoms with Gasteiger partial charge in [-0.15, -0.1) is 21.5 Å². The molecule has 2 aromatic heterocycles. The lowest BCUT2D eigenvalue weighted by Crippen LogP contribution is -1.96. The third kappa shape index (κ3) is 3.70. The molecule has 0 saturated carbocycles. The van der Waals surface area contributed by atoms with Gasteiger partial charge in [-0.1, -0.05) is 29.8 Å². The van der Waals surface area contributed by atoms with Crippen LogP contribution in [0.5, 0.6) is 0 Å². The summed E-state index contributed by atoms with van der Waals surface area (Å²) < 4.78 is 0. The molecule has 0 radical (unpaired) electrons. The number of allylic oxidation sites excluding steroid dienone is 1. The van der Waals surface area contributed by atoms with Crippen molar-refractivity contribution in [3.8, 4) is 0 Å². The minimum Gasteiger partial charge on any atom is -0.504 e. The Balaban J connectivity index is 1.72. The summed E-state index contributed by atoms with van der Waals surface area (Å²) in [6.45, 7) is 2.05. The molecule has 0 fully saturated rings. The highest BCUT2D eigenvalue weighted by Gasteiger charge is 2.11. The van der Waals surface area contributed by atoms with Crippen LogP contribution >= 0.6 is 11.3 Å². The summed E-state index contributed by atoms with van der Waals surface area (Å²) in [5, 5.41) is 24.3. The number of aryl methyl sites for hydroxylation is 1. The van der Waals surface area contributed by atoms with Crippen molar-refractivity contribution in [1.29, 1.82) is 0 Å². The molecule has 3 rings (SSSR count). The van der Waals surface area contributed by atoms with Gasteiger partial charge in [-0.3, -0.25) is 4.79 Å². The van der Waals surface area contributed by atoms with E-state index in [1.807, 2.05) is 13.0 Å². The Kier molecular flexibility index (Phi) is 4.29. The van der Waals surface area contributed by atoms with Gasteiger partial charge in [0.15, 0.2) is 11.5 Å². The van der Waals surface area contributed by atoms with Crippen molar-refractivity contribution in [2.75, 3.05) is 0 Å². The van der Waals surface area contributed by atoms with Gasteiger partial charge in [-0.2, -0.15) is 5.21 Å². The van der Waals surface area contributed by atoms with Gasteiger partial charge in [0.2, 0.25) is 5.82 Å². The maximum atomic E-state index is 12.1. The average Bonchev–Trinajstić information content (AvgIpc) is 3.21. The van der Waals surface area contributed by atoms with Crippen molar-refractivity contribution in [2.24, 2.45) is 0 Å². The normalized spacial score (nSPS) is 11.6. The molecule has 0 unspecified atom stereocenters. The molecule has 116 valence electrons. The Bertz CT molecular complexity index is 835. The predicted octanol–water partition coefficient (Wildman–Crippen LogP) is 2.94. The van der Waals surface area contributed by atoms with Gasteiger partial charge in [-0.25, -0.2) is 0 Å². The largest absolute Gasteiger partial charge is 0.504 e. The Hall–Kier alpha value is -2.80. The average molecular weight is 326 g/mol. The van der Waals surface area contributed by atoms with E-state index in [4.69, 9.17) is 0 Å². The number of carbonyl (C=O) groups excluding carboxylic acids is 1. The molecule has 6 nitrogen and oxygen atoms in total. The Morgan fingerprint density at radius 3 is 2.83 bits per heavy atom. The standard InChI is InChI=1S/C16H14N4O2S/c1-10-2-4-11(5-3-10)6-13-7-12(9-23-13)14(21)8-15(22)16-17-19-20-18-16/h2-5,7-9,22H,6H2,1H3,(H,17,18,19,20). The number of H-pyrrole nitrogens is 1. The summed E-state index contributed by atoms with van der Waals surface area (Å²) in [5.74, 6) is -0.609. The number of rotatable bonds is 5. The molecule has 0 amide bonds. The first-order valence-corrected chi connectivity index (χ1v) is 7.81. The fraction of sp³-hybridized carbons (Fsp3) is 0.125. The van der Waals surface area contributed by atoms with E-state index in [2.05, 4.69) is 44.9 Å². The highest BCUT2D eigenvalue weighted by molar-refractivity contribution is 7.10. The minimum absolute atomic E-state index is 0.00606. The van der Waals surface area contributed by atoms with E-state index in [1.165, 1.54) is 22.5 Å². The topological polar surface area (TPSA) is 91.8 Å². The van der Waals surface area contributed by atoms with E-state index >= 15 is 0 Å². The van der Waals surface area contributed by atoms with Crippen LogP contribution in [0.15, 0.2) is 41.8 Å². The quantitative estimate of drug-likeness (QED) is 0.427. The third-order valence-corrected chi connectivity index (χ3v) is 4.22. The molecule has 0 bridgehead atoms. The van der Waals surface area contributed by atoms with Gasteiger partial charge in [0, 0.05) is 28.3 Å². The van der Waals surface area contributed by atoms with Crippen LogP contribution in [-0.2, 0) is 6.42 Å². The lowest BCUT2D eigenvalue weighted by molar-refractivity contribution is 0.104. The smallest absolute Gasteiger partial charge is 0.239 e. The number of carbonyl (C=O) groups is 1. The first-order chi connectivity index (χ1) is 11.1. The zero-order valence-corrected chi connectivity index (χ0v) is 13.2. The van der Waals surface area contributed by atoms with Crippen molar-refractivity contribution in [1.82, 2.24) is 20.6 Å². The summed E-state index contributed by atoms with van der Waals surface area (Å²) in [6.07, 6.45) is 1.88. The molecule has 2 N–H and O–H groups in total. The summed E-state index contributed by atoms with van der Waals surface area (Å²) in [6, 6.07) is 10.1. The highest BCUT2D eigenvalue weighted by Crippen LogP contribution is 2.20. The fourth-order valence-corrected chi connectivity index (χ4v) is 2.96. The number of hydrogen-bond donors (Lipinski definition) is 2. The van der Waals surface area contributed by atoms with Crippen LogP contribution in [0.4, 0.5) is 0 Å². The van der Waals surface area contributed by atoms with Gasteiger partial charge >= 0.3 is 0 Å². The van der Waals surface area contributed by atoms with Crippen molar-refractivity contribution < 1.29 is 9.90 Å². The number of ketones is 1. The molecule has 23 heavy (non-hydrogen) atoms. The van der Waals surface area contributed by atoms with Crippen LogP contribution in [0.3, 0.4) is 0 Å². The minimum atomic E-state index is -0.310. The molecule has 7 heteroatoms. The number of nitrogens with one attached hydrogen (secondary N) is 1. The highest BCUT2D eigenvalue weighted by atomic mass is 32.1. The second kappa shape index (κ2) is 6.53. The van der Waals surface area contributed by atoms with Crippen LogP contribution in [0, 0.1) is 6.92 Å². The number of nitrogens with zero attached hydrogens (tertiary/aromatic N) is 3. The maximum absolute atomic E-state index is 12.1. The zero-order valence-electron chi connectivity index (χ0n) is 12.4. The van der Waals surface area contributed by atoms with E-state index in [0.717, 1.165) is 17.4 Å². The van der Waals surface area contributed by atoms with Gasteiger partial charge in [0.05, 0.1) is 0 Å². The monoisotopic (exact) mass is 326 g/mol. The van der Waals surface area contributed by atoms with Crippen LogP contribution < -0.4 is 0 Å². The van der Waals surface area contributed by atoms with E-state index in [-0.39, 0.29) is 17.4 Å². The molecule has 3 aromatic rings. The van der Waals surface area contributed by atoms with Crippen LogP contribution in [0.1, 0.15) is 32.2 Å². The first-order valence-electron chi connectivity index (χ1n) is 6.93. The number of aliphatic hydroxyl groups is 1. The molecular weight excluding hydrogens is 312 g/mol. The number of aromatic nitrogens is 4. The Morgan fingerprint density at radius 2 is 2.13 bits per heavy atom. The number of aromatic amines is 1. The summed E-state index contributed by atoms with van der Waals surface area (Å²) in [7, 11) is 0. The Morgan fingerprint density at radius 1 is 1.35 bits per heavy atom. The lowest BCUT2D eigenvalue weighted by Gasteiger charge is -1.99. The van der Waals surface area contributed by atoms with Crippen molar-refractivity contribution in [3.63, 3.8) is 0 Å². The lowest BCUT2D eigenvalue weighted by atomic mass is 10.1. The van der Waals surface area contributed by atoms with Gasteiger partial charge in [0.1, 0.15) is 0 Å². The number of aliphatic hydroxyl groups excluding tert-OH is 1. The van der Waals surface area contributed by atoms with Crippen LogP contribution in [0.25, 0.3) is 5.76 Å². The van der Waals surface area contributed by atoms with E-state index < -0.39 is 0 Å². The summed E-state index contributed by atoms with van der Waals surface area (Å²) in [4.78, 5) is 13.2. The number of thiophene rings is 1. The van der Waals surface area contributed by atoms with Crippen molar-refractivity contribution in [3.05, 3.63) is 69.2 Å². The van der Waals surface area contributed by atoms with Crippen LogP contribution in [-0.4, -0.2) is 31.5 Å². The molecule has 0 aliphatic heterocycles. The summed E-state index contributed by atoms with van der Waals surface area (Å²) in [5.41, 5.74) is 2.95. The van der Waals surface area contributed by atoms with Gasteiger partial charge in [-0.05, 0) is 23.8 Å². The Labute approximate surface area is 136 Å². The second-order valence-electron chi connectivity index (χ2n) is 5.09. The van der Waals surface area contributed by atoms with E-state index in [0.29, 0.717) is 5.56 Å². The molecule has 0 saturated heterocycles. The number of tetrazole rings is 1. The van der Waals surface area contributed by atoms with Gasteiger partial charge < -0.3 is 5.11 Å². The molecule has 0 aliphatic carbocycles. The van der Waals surface area contributed by atoms with Crippen molar-refractivity contribution >= 4 is 22.9 Å². The SMILES string of the molecule is Cc1ccc(Cc2cc(C(=O)C=C(O)c3nn[nH]n3)cs2)cc1. The fourth-order valence-electron chi connectivity index (χ4n) is 2.05. The number of hydrogen-bond acceptors (Lipinski definition) is 6. The van der Waals surface area contributed by atoms with Crippen molar-refractivity contribution in [2.45, 2.75) is 13.3 Å². The molecule has 0 spiro atoms. The van der Waals surface area contributed by atoms with Gasteiger partial charge in [0.25, 0.3) is 0 Å². The maximum Gasteiger partial charge on any atom is 0.239 e. The van der Waals surface area contributed by atoms with E-state index in [9.17, 15) is 9.90 Å². The molecule has 2 heterocycles.